The Balaban J connectivity index is 3.14. The fourth-order valence-corrected chi connectivity index (χ4v) is 0.747. The first kappa shape index (κ1) is 8.57. The van der Waals surface area contributed by atoms with Gasteiger partial charge in [-0.2, -0.15) is 4.73 Å². The minimum absolute atomic E-state index is 0.105. The average molecular weight is 172 g/mol. The monoisotopic (exact) mass is 172 g/mol. The fourth-order valence-electron chi connectivity index (χ4n) is 0.747. The molecule has 6 nitrogen and oxygen atoms in total. The van der Waals surface area contributed by atoms with E-state index in [-0.39, 0.29) is 12.3 Å². The van der Waals surface area contributed by atoms with Crippen molar-refractivity contribution in [3.05, 3.63) is 28.2 Å². The zero-order chi connectivity index (χ0) is 9.14. The standard InChI is InChI=1S/C6H8N2O4/c7-12-3-4-1-5(9)6(10)2-8(4)11/h1-2,10-11H,3,7H2. The number of nitrogens with zero attached hydrogens (tertiary/aromatic N) is 1. The second-order valence-corrected chi connectivity index (χ2v) is 2.17. The van der Waals surface area contributed by atoms with Crippen molar-refractivity contribution in [3.63, 3.8) is 0 Å². The summed E-state index contributed by atoms with van der Waals surface area (Å²) in [5.74, 6) is 4.20. The summed E-state index contributed by atoms with van der Waals surface area (Å²) in [6.07, 6.45) is 0.872. The molecule has 0 saturated heterocycles. The number of rotatable bonds is 2. The summed E-state index contributed by atoms with van der Waals surface area (Å²) in [6, 6.07) is 1.03. The molecule has 0 aliphatic heterocycles. The van der Waals surface area contributed by atoms with Gasteiger partial charge in [0.05, 0.1) is 11.9 Å². The van der Waals surface area contributed by atoms with E-state index in [9.17, 15) is 4.79 Å². The van der Waals surface area contributed by atoms with Crippen LogP contribution in [0.1, 0.15) is 5.69 Å². The van der Waals surface area contributed by atoms with Crippen LogP contribution in [-0.4, -0.2) is 15.0 Å². The van der Waals surface area contributed by atoms with Crippen molar-refractivity contribution < 1.29 is 15.2 Å². The van der Waals surface area contributed by atoms with E-state index in [0.29, 0.717) is 4.73 Å². The number of hydrogen-bond donors (Lipinski definition) is 3. The summed E-state index contributed by atoms with van der Waals surface area (Å²) in [5.41, 5.74) is -0.423. The van der Waals surface area contributed by atoms with E-state index in [1.165, 1.54) is 0 Å². The molecule has 0 amide bonds. The molecule has 0 bridgehead atoms. The Bertz CT molecular complexity index is 333. The molecule has 0 atom stereocenters. The highest BCUT2D eigenvalue weighted by molar-refractivity contribution is 5.18. The Morgan fingerprint density at radius 2 is 2.33 bits per heavy atom. The number of aromatic nitrogens is 1. The van der Waals surface area contributed by atoms with E-state index in [1.54, 1.807) is 0 Å². The van der Waals surface area contributed by atoms with E-state index in [2.05, 4.69) is 4.84 Å². The quantitative estimate of drug-likeness (QED) is 0.400. The normalized spacial score (nSPS) is 10.1. The summed E-state index contributed by atoms with van der Waals surface area (Å²) in [7, 11) is 0. The smallest absolute Gasteiger partial charge is 0.223 e. The van der Waals surface area contributed by atoms with Crippen LogP contribution in [0.4, 0.5) is 0 Å². The lowest BCUT2D eigenvalue weighted by Gasteiger charge is -2.04. The molecule has 12 heavy (non-hydrogen) atoms. The van der Waals surface area contributed by atoms with Crippen LogP contribution >= 0.6 is 0 Å². The van der Waals surface area contributed by atoms with Gasteiger partial charge in [-0.1, -0.05) is 0 Å². The van der Waals surface area contributed by atoms with Gasteiger partial charge in [0.1, 0.15) is 6.61 Å². The Labute approximate surface area is 67.3 Å². The first-order valence-corrected chi connectivity index (χ1v) is 3.10. The largest absolute Gasteiger partial charge is 0.503 e. The summed E-state index contributed by atoms with van der Waals surface area (Å²) in [5, 5.41) is 17.9. The van der Waals surface area contributed by atoms with E-state index in [4.69, 9.17) is 16.2 Å². The highest BCUT2D eigenvalue weighted by Gasteiger charge is 2.03. The molecule has 6 heteroatoms. The second kappa shape index (κ2) is 3.24. The van der Waals surface area contributed by atoms with Gasteiger partial charge in [0.2, 0.25) is 5.43 Å². The van der Waals surface area contributed by atoms with Gasteiger partial charge in [0.15, 0.2) is 5.75 Å². The molecule has 0 aliphatic rings. The van der Waals surface area contributed by atoms with Gasteiger partial charge in [-0.05, 0) is 0 Å². The molecule has 0 spiro atoms. The first-order valence-electron chi connectivity index (χ1n) is 3.10. The molecule has 1 heterocycles. The molecule has 4 N–H and O–H groups in total. The van der Waals surface area contributed by atoms with E-state index in [0.717, 1.165) is 12.3 Å². The predicted molar refractivity (Wildman–Crippen MR) is 38.5 cm³/mol. The van der Waals surface area contributed by atoms with Gasteiger partial charge in [0, 0.05) is 6.07 Å². The van der Waals surface area contributed by atoms with Crippen molar-refractivity contribution >= 4 is 0 Å². The minimum atomic E-state index is -0.590. The third-order valence-corrected chi connectivity index (χ3v) is 1.32. The van der Waals surface area contributed by atoms with Crippen LogP contribution in [0.5, 0.6) is 5.75 Å². The summed E-state index contributed by atoms with van der Waals surface area (Å²) in [4.78, 5) is 15.0. The Morgan fingerprint density at radius 3 is 2.92 bits per heavy atom. The summed E-state index contributed by atoms with van der Waals surface area (Å²) >= 11 is 0. The zero-order valence-corrected chi connectivity index (χ0v) is 6.10. The number of pyridine rings is 1. The van der Waals surface area contributed by atoms with Crippen molar-refractivity contribution in [2.24, 2.45) is 5.90 Å². The van der Waals surface area contributed by atoms with E-state index < -0.39 is 11.2 Å². The summed E-state index contributed by atoms with van der Waals surface area (Å²) in [6.45, 7) is -0.105. The van der Waals surface area contributed by atoms with Crippen LogP contribution in [0.2, 0.25) is 0 Å². The van der Waals surface area contributed by atoms with Crippen molar-refractivity contribution in [1.29, 1.82) is 0 Å². The third-order valence-electron chi connectivity index (χ3n) is 1.32. The topological polar surface area (TPSA) is 97.7 Å². The van der Waals surface area contributed by atoms with Crippen LogP contribution in [0.25, 0.3) is 0 Å². The molecule has 0 saturated carbocycles. The molecule has 0 aromatic carbocycles. The zero-order valence-electron chi connectivity index (χ0n) is 6.10. The van der Waals surface area contributed by atoms with Crippen molar-refractivity contribution in [2.75, 3.05) is 0 Å². The third kappa shape index (κ3) is 1.55. The van der Waals surface area contributed by atoms with Gasteiger partial charge in [-0.15, -0.1) is 0 Å². The number of aromatic hydroxyl groups is 1. The van der Waals surface area contributed by atoms with Gasteiger partial charge in [0.25, 0.3) is 0 Å². The lowest BCUT2D eigenvalue weighted by molar-refractivity contribution is 0.0909. The maximum Gasteiger partial charge on any atom is 0.223 e. The molecule has 0 fully saturated rings. The number of nitrogens with two attached hydrogens (primary N) is 1. The maximum absolute atomic E-state index is 10.8. The van der Waals surface area contributed by atoms with Gasteiger partial charge < -0.3 is 10.3 Å². The predicted octanol–water partition coefficient (Wildman–Crippen LogP) is -0.819. The van der Waals surface area contributed by atoms with Crippen molar-refractivity contribution in [3.8, 4) is 5.75 Å². The molecule has 1 aromatic heterocycles. The number of hydrogen-bond acceptors (Lipinski definition) is 5. The molecule has 0 radical (unpaired) electrons. The average Bonchev–Trinajstić information content (AvgIpc) is 2.01. The molecule has 1 aromatic rings. The lowest BCUT2D eigenvalue weighted by atomic mass is 10.3. The highest BCUT2D eigenvalue weighted by Crippen LogP contribution is 2.02. The Kier molecular flexibility index (Phi) is 2.32. The van der Waals surface area contributed by atoms with Crippen molar-refractivity contribution in [2.45, 2.75) is 6.61 Å². The first-order chi connectivity index (χ1) is 5.65. The van der Waals surface area contributed by atoms with Crippen LogP contribution < -0.4 is 11.3 Å². The Hall–Kier alpha value is -1.53. The molecule has 0 unspecified atom stereocenters. The van der Waals surface area contributed by atoms with Gasteiger partial charge in [-0.3, -0.25) is 9.63 Å². The SMILES string of the molecule is NOCc1cc(=O)c(O)cn1O. The van der Waals surface area contributed by atoms with Crippen molar-refractivity contribution in [1.82, 2.24) is 4.73 Å². The van der Waals surface area contributed by atoms with E-state index in [1.807, 2.05) is 0 Å². The van der Waals surface area contributed by atoms with Gasteiger partial charge in [-0.25, -0.2) is 5.90 Å². The minimum Gasteiger partial charge on any atom is -0.503 e. The van der Waals surface area contributed by atoms with Crippen LogP contribution in [0, 0.1) is 0 Å². The second-order valence-electron chi connectivity index (χ2n) is 2.17. The van der Waals surface area contributed by atoms with Crippen LogP contribution in [0.3, 0.4) is 0 Å². The molecular weight excluding hydrogens is 164 g/mol. The maximum atomic E-state index is 10.8. The Morgan fingerprint density at radius 1 is 1.67 bits per heavy atom. The molecule has 0 aliphatic carbocycles. The highest BCUT2D eigenvalue weighted by atomic mass is 16.6. The summed E-state index contributed by atoms with van der Waals surface area (Å²) < 4.78 is 0.573. The fraction of sp³-hybridized carbons (Fsp3) is 0.167. The molecule has 66 valence electrons. The van der Waals surface area contributed by atoms with Crippen LogP contribution in [-0.2, 0) is 11.4 Å². The molecular formula is C6H8N2O4. The van der Waals surface area contributed by atoms with E-state index >= 15 is 0 Å². The van der Waals surface area contributed by atoms with Gasteiger partial charge >= 0.3 is 0 Å². The molecule has 1 rings (SSSR count). The lowest BCUT2D eigenvalue weighted by Crippen LogP contribution is -2.12. The van der Waals surface area contributed by atoms with Crippen LogP contribution in [0.15, 0.2) is 17.1 Å².